The second kappa shape index (κ2) is 5.42. The van der Waals surface area contributed by atoms with Crippen LogP contribution in [0.1, 0.15) is 36.2 Å². The molecule has 2 nitrogen and oxygen atoms in total. The minimum atomic E-state index is 0.399. The van der Waals surface area contributed by atoms with Crippen molar-refractivity contribution in [3.8, 4) is 0 Å². The van der Waals surface area contributed by atoms with Gasteiger partial charge in [0.25, 0.3) is 0 Å². The van der Waals surface area contributed by atoms with E-state index in [-0.39, 0.29) is 0 Å². The zero-order valence-corrected chi connectivity index (χ0v) is 12.9. The molecule has 0 fully saturated rings. The lowest BCUT2D eigenvalue weighted by atomic mass is 10.1. The molecular weight excluding hydrogens is 316 g/mol. The zero-order valence-electron chi connectivity index (χ0n) is 9.66. The van der Waals surface area contributed by atoms with Gasteiger partial charge in [-0.15, -0.1) is 11.3 Å². The van der Waals surface area contributed by atoms with Crippen LogP contribution in [-0.2, 0) is 6.42 Å². The smallest absolute Gasteiger partial charge is 0.144 e. The van der Waals surface area contributed by atoms with E-state index in [0.29, 0.717) is 10.6 Å². The van der Waals surface area contributed by atoms with Crippen LogP contribution in [0.15, 0.2) is 22.0 Å². The van der Waals surface area contributed by atoms with Crippen LogP contribution in [0.5, 0.6) is 0 Å². The van der Waals surface area contributed by atoms with Gasteiger partial charge in [0, 0.05) is 17.0 Å². The number of aromatic nitrogens is 2. The molecule has 90 valence electrons. The summed E-state index contributed by atoms with van der Waals surface area (Å²) in [5.41, 5.74) is 1.12. The fourth-order valence-electron chi connectivity index (χ4n) is 1.58. The quantitative estimate of drug-likeness (QED) is 0.829. The monoisotopic (exact) mass is 328 g/mol. The highest BCUT2D eigenvalue weighted by Gasteiger charge is 2.10. The Kier molecular flexibility index (Phi) is 4.12. The molecule has 0 unspecified atom stereocenters. The summed E-state index contributed by atoms with van der Waals surface area (Å²) >= 11 is 10.5. The van der Waals surface area contributed by atoms with Crippen LogP contribution in [0.25, 0.3) is 0 Å². The third-order valence-electron chi connectivity index (χ3n) is 2.44. The highest BCUT2D eigenvalue weighted by Crippen LogP contribution is 2.24. The fraction of sp³-hybridized carbons (Fsp3) is 0.333. The van der Waals surface area contributed by atoms with Crippen LogP contribution in [0.2, 0.25) is 0 Å². The van der Waals surface area contributed by atoms with Gasteiger partial charge >= 0.3 is 0 Å². The van der Waals surface area contributed by atoms with Crippen molar-refractivity contribution in [2.75, 3.05) is 0 Å². The van der Waals surface area contributed by atoms with Crippen LogP contribution < -0.4 is 0 Å². The Morgan fingerprint density at radius 1 is 1.53 bits per heavy atom. The maximum Gasteiger partial charge on any atom is 0.144 e. The van der Waals surface area contributed by atoms with E-state index in [2.05, 4.69) is 57.3 Å². The van der Waals surface area contributed by atoms with Crippen molar-refractivity contribution in [1.82, 2.24) is 9.97 Å². The van der Waals surface area contributed by atoms with E-state index < -0.39 is 0 Å². The van der Waals surface area contributed by atoms with Crippen LogP contribution >= 0.6 is 39.5 Å². The van der Waals surface area contributed by atoms with Gasteiger partial charge in [0.05, 0.1) is 4.47 Å². The minimum absolute atomic E-state index is 0.399. The molecule has 0 aliphatic heterocycles. The molecule has 2 rings (SSSR count). The first-order chi connectivity index (χ1) is 8.08. The summed E-state index contributed by atoms with van der Waals surface area (Å²) in [7, 11) is 0. The van der Waals surface area contributed by atoms with E-state index in [1.807, 2.05) is 0 Å². The highest BCUT2D eigenvalue weighted by molar-refractivity contribution is 9.10. The zero-order chi connectivity index (χ0) is 12.4. The molecule has 2 aromatic rings. The molecule has 5 heteroatoms. The van der Waals surface area contributed by atoms with E-state index >= 15 is 0 Å². The summed E-state index contributed by atoms with van der Waals surface area (Å²) < 4.78 is 1.55. The lowest BCUT2D eigenvalue weighted by molar-refractivity contribution is 0.782. The number of aromatic amines is 1. The van der Waals surface area contributed by atoms with Crippen molar-refractivity contribution >= 4 is 39.5 Å². The number of H-pyrrole nitrogens is 1. The molecule has 0 amide bonds. The van der Waals surface area contributed by atoms with Crippen LogP contribution in [0, 0.1) is 4.64 Å². The highest BCUT2D eigenvalue weighted by atomic mass is 79.9. The van der Waals surface area contributed by atoms with Crippen molar-refractivity contribution < 1.29 is 0 Å². The molecule has 0 aromatic carbocycles. The van der Waals surface area contributed by atoms with Crippen molar-refractivity contribution in [2.24, 2.45) is 0 Å². The van der Waals surface area contributed by atoms with Gasteiger partial charge in [-0.05, 0) is 33.3 Å². The molecule has 0 aliphatic rings. The molecule has 17 heavy (non-hydrogen) atoms. The van der Waals surface area contributed by atoms with E-state index in [9.17, 15) is 0 Å². The van der Waals surface area contributed by atoms with Gasteiger partial charge in [-0.2, -0.15) is 0 Å². The maximum atomic E-state index is 5.27. The average molecular weight is 329 g/mol. The Morgan fingerprint density at radius 2 is 2.29 bits per heavy atom. The third-order valence-corrected chi connectivity index (χ3v) is 4.68. The molecule has 0 atom stereocenters. The number of rotatable bonds is 3. The van der Waals surface area contributed by atoms with E-state index in [1.165, 1.54) is 4.88 Å². The molecule has 0 aliphatic carbocycles. The van der Waals surface area contributed by atoms with E-state index in [1.54, 1.807) is 11.3 Å². The first-order valence-corrected chi connectivity index (χ1v) is 7.47. The first-order valence-electron chi connectivity index (χ1n) is 5.39. The second-order valence-corrected chi connectivity index (χ2v) is 6.34. The maximum absolute atomic E-state index is 5.27. The fourth-order valence-corrected chi connectivity index (χ4v) is 3.16. The molecular formula is C12H13BrN2S2. The first kappa shape index (κ1) is 12.9. The summed E-state index contributed by atoms with van der Waals surface area (Å²) in [6.45, 7) is 4.28. The molecule has 2 aromatic heterocycles. The van der Waals surface area contributed by atoms with Crippen molar-refractivity contribution in [3.63, 3.8) is 0 Å². The number of hydrogen-bond donors (Lipinski definition) is 1. The van der Waals surface area contributed by atoms with Gasteiger partial charge in [0.2, 0.25) is 0 Å². The lowest BCUT2D eigenvalue weighted by Gasteiger charge is -2.10. The number of nitrogens with one attached hydrogen (secondary N) is 1. The van der Waals surface area contributed by atoms with Crippen molar-refractivity contribution in [2.45, 2.75) is 26.2 Å². The summed E-state index contributed by atoms with van der Waals surface area (Å²) in [4.78, 5) is 9.07. The Bertz CT molecular complexity index is 558. The van der Waals surface area contributed by atoms with Gasteiger partial charge in [0.1, 0.15) is 10.5 Å². The summed E-state index contributed by atoms with van der Waals surface area (Å²) in [6.07, 6.45) is 0.814. The Balaban J connectivity index is 2.39. The van der Waals surface area contributed by atoms with Crippen LogP contribution in [0.4, 0.5) is 0 Å². The number of hydrogen-bond acceptors (Lipinski definition) is 3. The predicted octanol–water partition coefficient (Wildman–Crippen LogP) is 4.68. The lowest BCUT2D eigenvalue weighted by Crippen LogP contribution is -2.03. The van der Waals surface area contributed by atoms with E-state index in [4.69, 9.17) is 12.2 Å². The Labute approximate surface area is 118 Å². The van der Waals surface area contributed by atoms with Crippen molar-refractivity contribution in [1.29, 1.82) is 0 Å². The van der Waals surface area contributed by atoms with Gasteiger partial charge in [0.15, 0.2) is 0 Å². The molecule has 0 saturated carbocycles. The second-order valence-electron chi connectivity index (χ2n) is 4.13. The molecule has 0 saturated heterocycles. The molecule has 2 heterocycles. The Hall–Kier alpha value is -0.520. The molecule has 1 N–H and O–H groups in total. The molecule has 0 radical (unpaired) electrons. The molecule has 0 spiro atoms. The number of thiophene rings is 1. The standard InChI is InChI=1S/C12H13BrN2S2/c1-7(2)11-10(13)12(16)15-9(14-11)6-8-4-3-5-17-8/h3-5,7H,6H2,1-2H3,(H,14,15,16). The average Bonchev–Trinajstić information content (AvgIpc) is 2.75. The third kappa shape index (κ3) is 3.03. The van der Waals surface area contributed by atoms with Crippen molar-refractivity contribution in [3.05, 3.63) is 43.0 Å². The Morgan fingerprint density at radius 3 is 2.88 bits per heavy atom. The number of nitrogens with zero attached hydrogens (tertiary/aromatic N) is 1. The largest absolute Gasteiger partial charge is 0.346 e. The van der Waals surface area contributed by atoms with Gasteiger partial charge in [-0.3, -0.25) is 0 Å². The SMILES string of the molecule is CC(C)c1[nH]c(Cc2cccs2)nc(=S)c1Br. The van der Waals surface area contributed by atoms with Crippen LogP contribution in [0.3, 0.4) is 0 Å². The summed E-state index contributed by atoms with van der Waals surface area (Å²) in [5.74, 6) is 1.33. The minimum Gasteiger partial charge on any atom is -0.346 e. The summed E-state index contributed by atoms with van der Waals surface area (Å²) in [5, 5.41) is 2.08. The topological polar surface area (TPSA) is 28.7 Å². The number of halogens is 1. The predicted molar refractivity (Wildman–Crippen MR) is 78.3 cm³/mol. The van der Waals surface area contributed by atoms with Gasteiger partial charge in [-0.1, -0.05) is 32.1 Å². The van der Waals surface area contributed by atoms with E-state index in [0.717, 1.165) is 22.4 Å². The van der Waals surface area contributed by atoms with Gasteiger partial charge < -0.3 is 4.98 Å². The van der Waals surface area contributed by atoms with Crippen LogP contribution in [-0.4, -0.2) is 9.97 Å². The summed E-state index contributed by atoms with van der Waals surface area (Å²) in [6, 6.07) is 4.16. The normalized spacial score (nSPS) is 11.1. The molecule has 0 bridgehead atoms. The van der Waals surface area contributed by atoms with Gasteiger partial charge in [-0.25, -0.2) is 4.98 Å².